The summed E-state index contributed by atoms with van der Waals surface area (Å²) < 4.78 is 0. The van der Waals surface area contributed by atoms with Crippen molar-refractivity contribution in [3.8, 4) is 0 Å². The molecule has 0 fully saturated rings. The zero-order chi connectivity index (χ0) is 10.3. The second kappa shape index (κ2) is 6.75. The smallest absolute Gasteiger partial charge is 0.317 e. The van der Waals surface area contributed by atoms with Crippen LogP contribution in [0, 0.1) is 5.92 Å². The minimum absolute atomic E-state index is 0.0365. The lowest BCUT2D eigenvalue weighted by Gasteiger charge is -2.18. The summed E-state index contributed by atoms with van der Waals surface area (Å²) in [6.07, 6.45) is 2.26. The molecular formula is C10H22N2O. The Morgan fingerprint density at radius 1 is 1.31 bits per heavy atom. The third-order valence-corrected chi connectivity index (χ3v) is 2.52. The van der Waals surface area contributed by atoms with E-state index in [9.17, 15) is 4.79 Å². The quantitative estimate of drug-likeness (QED) is 0.700. The number of carbonyl (C=O) groups is 1. The molecule has 0 aliphatic rings. The molecule has 0 saturated heterocycles. The van der Waals surface area contributed by atoms with Crippen LogP contribution >= 0.6 is 0 Å². The molecule has 0 aromatic heterocycles. The largest absolute Gasteiger partial charge is 0.338 e. The molecule has 78 valence electrons. The van der Waals surface area contributed by atoms with Crippen LogP contribution < -0.4 is 5.32 Å². The molecule has 3 nitrogen and oxygen atoms in total. The Labute approximate surface area is 81.5 Å². The van der Waals surface area contributed by atoms with Crippen LogP contribution in [0.1, 0.15) is 33.6 Å². The van der Waals surface area contributed by atoms with Gasteiger partial charge in [0.05, 0.1) is 0 Å². The average molecular weight is 186 g/mol. The molecular weight excluding hydrogens is 164 g/mol. The molecule has 0 atom stereocenters. The predicted molar refractivity (Wildman–Crippen MR) is 55.8 cm³/mol. The van der Waals surface area contributed by atoms with Crippen LogP contribution in [0.3, 0.4) is 0 Å². The van der Waals surface area contributed by atoms with E-state index in [2.05, 4.69) is 19.2 Å². The molecule has 0 aromatic carbocycles. The van der Waals surface area contributed by atoms with Gasteiger partial charge in [-0.3, -0.25) is 0 Å². The highest BCUT2D eigenvalue weighted by Crippen LogP contribution is 2.05. The van der Waals surface area contributed by atoms with Crippen molar-refractivity contribution in [3.05, 3.63) is 0 Å². The van der Waals surface area contributed by atoms with Gasteiger partial charge in [-0.2, -0.15) is 0 Å². The van der Waals surface area contributed by atoms with Gasteiger partial charge in [0.2, 0.25) is 0 Å². The van der Waals surface area contributed by atoms with Gasteiger partial charge in [-0.05, 0) is 12.8 Å². The van der Waals surface area contributed by atoms with E-state index in [1.807, 2.05) is 14.0 Å². The van der Waals surface area contributed by atoms with E-state index < -0.39 is 0 Å². The van der Waals surface area contributed by atoms with Gasteiger partial charge >= 0.3 is 6.03 Å². The molecule has 0 aliphatic carbocycles. The van der Waals surface area contributed by atoms with Gasteiger partial charge < -0.3 is 10.2 Å². The Hall–Kier alpha value is -0.730. The molecule has 0 unspecified atom stereocenters. The van der Waals surface area contributed by atoms with E-state index in [-0.39, 0.29) is 6.03 Å². The van der Waals surface area contributed by atoms with Crippen molar-refractivity contribution >= 4 is 6.03 Å². The fraction of sp³-hybridized carbons (Fsp3) is 0.900. The third-order valence-electron chi connectivity index (χ3n) is 2.52. The molecule has 3 heteroatoms. The lowest BCUT2D eigenvalue weighted by Crippen LogP contribution is -2.39. The normalized spacial score (nSPS) is 10.2. The molecule has 13 heavy (non-hydrogen) atoms. The summed E-state index contributed by atoms with van der Waals surface area (Å²) in [6, 6.07) is 0.0365. The highest BCUT2D eigenvalue weighted by Gasteiger charge is 2.08. The first-order valence-electron chi connectivity index (χ1n) is 5.14. The molecule has 0 heterocycles. The van der Waals surface area contributed by atoms with E-state index in [1.165, 1.54) is 0 Å². The Morgan fingerprint density at radius 3 is 2.23 bits per heavy atom. The van der Waals surface area contributed by atoms with Crippen molar-refractivity contribution in [2.24, 2.45) is 5.92 Å². The maximum Gasteiger partial charge on any atom is 0.317 e. The maximum absolute atomic E-state index is 11.3. The van der Waals surface area contributed by atoms with Crippen molar-refractivity contribution < 1.29 is 4.79 Å². The number of hydrogen-bond donors (Lipinski definition) is 1. The number of nitrogens with one attached hydrogen (secondary N) is 1. The maximum atomic E-state index is 11.3. The molecule has 0 spiro atoms. The van der Waals surface area contributed by atoms with Crippen LogP contribution in [0.15, 0.2) is 0 Å². The van der Waals surface area contributed by atoms with Gasteiger partial charge in [-0.15, -0.1) is 0 Å². The Kier molecular flexibility index (Phi) is 6.37. The molecule has 0 rings (SSSR count). The molecule has 0 aromatic rings. The Bertz CT molecular complexity index is 144. The van der Waals surface area contributed by atoms with Crippen molar-refractivity contribution in [3.63, 3.8) is 0 Å². The summed E-state index contributed by atoms with van der Waals surface area (Å²) >= 11 is 0. The first kappa shape index (κ1) is 12.3. The second-order valence-corrected chi connectivity index (χ2v) is 3.38. The summed E-state index contributed by atoms with van der Waals surface area (Å²) in [5.41, 5.74) is 0. The zero-order valence-electron chi connectivity index (χ0n) is 9.26. The first-order valence-corrected chi connectivity index (χ1v) is 5.14. The lowest BCUT2D eigenvalue weighted by atomic mass is 10.0. The summed E-state index contributed by atoms with van der Waals surface area (Å²) in [5, 5.41) is 2.92. The van der Waals surface area contributed by atoms with Gasteiger partial charge in [0.15, 0.2) is 0 Å². The van der Waals surface area contributed by atoms with E-state index in [1.54, 1.807) is 4.90 Å². The topological polar surface area (TPSA) is 32.3 Å². The predicted octanol–water partition coefficient (Wildman–Crippen LogP) is 2.08. The molecule has 0 saturated carbocycles. The number of rotatable bonds is 5. The number of hydrogen-bond acceptors (Lipinski definition) is 1. The molecule has 0 aliphatic heterocycles. The third kappa shape index (κ3) is 4.76. The zero-order valence-corrected chi connectivity index (χ0v) is 9.26. The van der Waals surface area contributed by atoms with E-state index >= 15 is 0 Å². The number of amides is 2. The van der Waals surface area contributed by atoms with Crippen LogP contribution in [-0.4, -0.2) is 31.1 Å². The van der Waals surface area contributed by atoms with Crippen molar-refractivity contribution in [2.75, 3.05) is 20.1 Å². The summed E-state index contributed by atoms with van der Waals surface area (Å²) in [5.74, 6) is 0.620. The monoisotopic (exact) mass is 186 g/mol. The van der Waals surface area contributed by atoms with Crippen LogP contribution in [0.5, 0.6) is 0 Å². The Morgan fingerprint density at radius 2 is 1.85 bits per heavy atom. The minimum Gasteiger partial charge on any atom is -0.338 e. The van der Waals surface area contributed by atoms with Gasteiger partial charge in [-0.25, -0.2) is 4.79 Å². The number of urea groups is 1. The van der Waals surface area contributed by atoms with Crippen LogP contribution in [0.2, 0.25) is 0 Å². The van der Waals surface area contributed by atoms with E-state index in [0.717, 1.165) is 25.9 Å². The molecule has 1 N–H and O–H groups in total. The minimum atomic E-state index is 0.0365. The van der Waals surface area contributed by atoms with Crippen LogP contribution in [-0.2, 0) is 0 Å². The van der Waals surface area contributed by atoms with Crippen molar-refractivity contribution in [1.82, 2.24) is 10.2 Å². The number of carbonyl (C=O) groups excluding carboxylic acids is 1. The van der Waals surface area contributed by atoms with Crippen molar-refractivity contribution in [1.29, 1.82) is 0 Å². The highest BCUT2D eigenvalue weighted by atomic mass is 16.2. The van der Waals surface area contributed by atoms with Crippen LogP contribution in [0.4, 0.5) is 4.79 Å². The lowest BCUT2D eigenvalue weighted by molar-refractivity contribution is 0.208. The van der Waals surface area contributed by atoms with Gasteiger partial charge in [0, 0.05) is 20.1 Å². The van der Waals surface area contributed by atoms with Crippen LogP contribution in [0.25, 0.3) is 0 Å². The summed E-state index contributed by atoms with van der Waals surface area (Å²) in [6.45, 7) is 7.84. The highest BCUT2D eigenvalue weighted by molar-refractivity contribution is 5.73. The van der Waals surface area contributed by atoms with E-state index in [0.29, 0.717) is 5.92 Å². The van der Waals surface area contributed by atoms with Gasteiger partial charge in [-0.1, -0.05) is 26.7 Å². The summed E-state index contributed by atoms with van der Waals surface area (Å²) in [7, 11) is 1.81. The average Bonchev–Trinajstić information content (AvgIpc) is 2.17. The second-order valence-electron chi connectivity index (χ2n) is 3.38. The SMILES string of the molecule is CCC(CC)CNC(=O)N(C)CC. The fourth-order valence-electron chi connectivity index (χ4n) is 1.09. The fourth-order valence-corrected chi connectivity index (χ4v) is 1.09. The molecule has 2 amide bonds. The number of nitrogens with zero attached hydrogens (tertiary/aromatic N) is 1. The van der Waals surface area contributed by atoms with Gasteiger partial charge in [0.25, 0.3) is 0 Å². The van der Waals surface area contributed by atoms with Gasteiger partial charge in [0.1, 0.15) is 0 Å². The molecule has 0 bridgehead atoms. The molecule has 0 radical (unpaired) electrons. The Balaban J connectivity index is 3.68. The standard InChI is InChI=1S/C10H22N2O/c1-5-9(6-2)8-11-10(13)12(4)7-3/h9H,5-8H2,1-4H3,(H,11,13). The summed E-state index contributed by atoms with van der Waals surface area (Å²) in [4.78, 5) is 13.0. The van der Waals surface area contributed by atoms with Crippen molar-refractivity contribution in [2.45, 2.75) is 33.6 Å². The van der Waals surface area contributed by atoms with E-state index in [4.69, 9.17) is 0 Å². The first-order chi connectivity index (χ1) is 6.15.